The van der Waals surface area contributed by atoms with Gasteiger partial charge in [-0.25, -0.2) is 13.2 Å². The van der Waals surface area contributed by atoms with Crippen LogP contribution in [0.2, 0.25) is 0 Å². The quantitative estimate of drug-likeness (QED) is 0.306. The average molecular weight is 601 g/mol. The van der Waals surface area contributed by atoms with Crippen LogP contribution >= 0.6 is 0 Å². The lowest BCUT2D eigenvalue weighted by Crippen LogP contribution is -2.61. The van der Waals surface area contributed by atoms with Gasteiger partial charge in [0.05, 0.1) is 74.7 Å². The summed E-state index contributed by atoms with van der Waals surface area (Å²) >= 11 is 0. The number of halogens is 3. The van der Waals surface area contributed by atoms with Crippen LogP contribution in [0.3, 0.4) is 0 Å². The molecule has 1 aliphatic carbocycles. The van der Waals surface area contributed by atoms with E-state index in [1.807, 2.05) is 0 Å². The Morgan fingerprint density at radius 3 is 1.30 bits per heavy atom. The largest absolute Gasteiger partial charge is 0.871 e. The predicted octanol–water partition coefficient (Wildman–Crippen LogP) is 5.01. The fourth-order valence-corrected chi connectivity index (χ4v) is 5.48. The smallest absolute Gasteiger partial charge is 0.123 e. The summed E-state index contributed by atoms with van der Waals surface area (Å²) in [7, 11) is 14.3. The normalized spacial score (nSPS) is 18.6. The Labute approximate surface area is 256 Å². The topological polar surface area (TPSA) is 55.3 Å². The van der Waals surface area contributed by atoms with Gasteiger partial charge >= 0.3 is 0 Å². The second kappa shape index (κ2) is 15.4. The van der Waals surface area contributed by atoms with E-state index >= 15 is 0 Å². The molecule has 4 rings (SSSR count). The van der Waals surface area contributed by atoms with Crippen molar-refractivity contribution in [2.45, 2.75) is 49.5 Å². The summed E-state index contributed by atoms with van der Waals surface area (Å²) in [5, 5.41) is 24.2. The van der Waals surface area contributed by atoms with E-state index in [1.165, 1.54) is 54.6 Å². The molecule has 0 saturated heterocycles. The molecule has 0 amide bonds. The highest BCUT2D eigenvalue weighted by atomic mass is 19.1. The highest BCUT2D eigenvalue weighted by Gasteiger charge is 2.54. The van der Waals surface area contributed by atoms with Crippen LogP contribution in [-0.2, 0) is 15.7 Å². The number of quaternary nitrogens is 2. The van der Waals surface area contributed by atoms with Crippen LogP contribution in [0.15, 0.2) is 72.8 Å². The minimum atomic E-state index is -2.69. The molecule has 1 aliphatic rings. The molecule has 0 radical (unpaired) electrons. The second-order valence-electron chi connectivity index (χ2n) is 14.0. The van der Waals surface area contributed by atoms with E-state index in [2.05, 4.69) is 56.4 Å². The van der Waals surface area contributed by atoms with Gasteiger partial charge in [0.2, 0.25) is 0 Å². The van der Waals surface area contributed by atoms with Crippen molar-refractivity contribution < 1.29 is 36.8 Å². The molecule has 3 aromatic rings. The monoisotopic (exact) mass is 600 g/mol. The minimum absolute atomic E-state index is 0.213. The molecular weight excluding hydrogens is 552 g/mol. The number of nitrogens with zero attached hydrogens (tertiary/aromatic N) is 2. The first-order valence-electron chi connectivity index (χ1n) is 14.7. The molecule has 0 bridgehead atoms. The lowest BCUT2D eigenvalue weighted by atomic mass is 9.55. The van der Waals surface area contributed by atoms with Gasteiger partial charge in [-0.2, -0.15) is 0 Å². The third-order valence-corrected chi connectivity index (χ3v) is 6.74. The van der Waals surface area contributed by atoms with Gasteiger partial charge in [-0.15, -0.1) is 0 Å². The molecule has 0 spiro atoms. The number of hydrogen-bond acceptors (Lipinski definition) is 3. The number of hydrogen-bond donors (Lipinski definition) is 0. The highest BCUT2D eigenvalue weighted by Crippen LogP contribution is 2.56. The molecule has 1 fully saturated rings. The van der Waals surface area contributed by atoms with Crippen molar-refractivity contribution >= 4 is 7.32 Å². The molecule has 0 aliphatic heterocycles. The van der Waals surface area contributed by atoms with Crippen LogP contribution in [0.4, 0.5) is 13.2 Å². The molecule has 1 saturated carbocycles. The Bertz CT molecular complexity index is 1220. The first-order valence-corrected chi connectivity index (χ1v) is 14.7. The fourth-order valence-electron chi connectivity index (χ4n) is 5.48. The summed E-state index contributed by atoms with van der Waals surface area (Å²) in [6.07, 6.45) is 3.51. The van der Waals surface area contributed by atoms with Crippen LogP contribution in [0, 0.1) is 17.5 Å². The van der Waals surface area contributed by atoms with E-state index in [1.54, 1.807) is 18.2 Å². The SMILES string of the molecule is C[N+](C)(C)C.C[N+](C)(C)C.[O-]B([O-])OC1(c2cccc(F)c2)CCCCCCC1(c1cccc(F)c1)c1cccc(F)c1. The zero-order valence-corrected chi connectivity index (χ0v) is 27.0. The molecule has 0 N–H and O–H groups in total. The average Bonchev–Trinajstić information content (AvgIpc) is 2.84. The summed E-state index contributed by atoms with van der Waals surface area (Å²) in [5.74, 6) is -1.59. The molecule has 1 atom stereocenters. The lowest BCUT2D eigenvalue weighted by molar-refractivity contribution is -0.849. The van der Waals surface area contributed by atoms with Crippen LogP contribution in [0.5, 0.6) is 0 Å². The van der Waals surface area contributed by atoms with E-state index in [4.69, 9.17) is 4.65 Å². The second-order valence-corrected chi connectivity index (χ2v) is 14.0. The van der Waals surface area contributed by atoms with Gasteiger partial charge in [-0.05, 0) is 65.9 Å². The first kappa shape index (κ1) is 36.5. The molecule has 1 unspecified atom stereocenters. The minimum Gasteiger partial charge on any atom is -0.871 e. The maximum Gasteiger partial charge on any atom is 0.123 e. The van der Waals surface area contributed by atoms with Crippen LogP contribution < -0.4 is 10.0 Å². The first-order chi connectivity index (χ1) is 19.9. The van der Waals surface area contributed by atoms with Gasteiger partial charge in [0.15, 0.2) is 0 Å². The molecular formula is C34H48BF3N2O3. The number of benzene rings is 3. The summed E-state index contributed by atoms with van der Waals surface area (Å²) in [4.78, 5) is 0. The molecule has 0 aromatic heterocycles. The van der Waals surface area contributed by atoms with Gasteiger partial charge in [0.25, 0.3) is 0 Å². The summed E-state index contributed by atoms with van der Waals surface area (Å²) in [5.41, 5.74) is -1.75. The maximum atomic E-state index is 14.6. The molecule has 0 heterocycles. The molecule has 9 heteroatoms. The van der Waals surface area contributed by atoms with Gasteiger partial charge in [0, 0.05) is 0 Å². The van der Waals surface area contributed by atoms with Gasteiger partial charge in [-0.1, -0.05) is 62.1 Å². The van der Waals surface area contributed by atoms with E-state index in [0.717, 1.165) is 21.8 Å². The molecule has 236 valence electrons. The van der Waals surface area contributed by atoms with Crippen molar-refractivity contribution in [3.05, 3.63) is 107 Å². The summed E-state index contributed by atoms with van der Waals surface area (Å²) < 4.78 is 51.3. The Kier molecular flexibility index (Phi) is 13.0. The van der Waals surface area contributed by atoms with Gasteiger partial charge in [0.1, 0.15) is 17.5 Å². The molecule has 43 heavy (non-hydrogen) atoms. The fraction of sp³-hybridized carbons (Fsp3) is 0.471. The van der Waals surface area contributed by atoms with Crippen molar-refractivity contribution in [1.82, 2.24) is 0 Å². The van der Waals surface area contributed by atoms with E-state index < -0.39 is 35.8 Å². The zero-order valence-electron chi connectivity index (χ0n) is 27.0. The van der Waals surface area contributed by atoms with Crippen molar-refractivity contribution in [1.29, 1.82) is 0 Å². The third-order valence-electron chi connectivity index (χ3n) is 6.74. The Balaban J connectivity index is 0.000000559. The predicted molar refractivity (Wildman–Crippen MR) is 164 cm³/mol. The van der Waals surface area contributed by atoms with Gasteiger partial charge < -0.3 is 23.7 Å². The van der Waals surface area contributed by atoms with Crippen LogP contribution in [0.25, 0.3) is 0 Å². The Morgan fingerprint density at radius 1 is 0.581 bits per heavy atom. The summed E-state index contributed by atoms with van der Waals surface area (Å²) in [6.45, 7) is 0. The maximum absolute atomic E-state index is 14.6. The van der Waals surface area contributed by atoms with E-state index in [9.17, 15) is 23.2 Å². The third kappa shape index (κ3) is 11.1. The Hall–Kier alpha value is -2.69. The standard InChI is InChI=1S/C26H24BF3O3.2C4H12N/c28-22-11-5-8-19(16-22)25(20-9-6-12-23(29)17-20)14-3-1-2-4-15-26(25,33-27(31)32)21-10-7-13-24(30)18-21;2*1-5(2,3)4/h5-13,16-18H,1-4,14-15H2;2*1-4H3/q-2;2*+1. The van der Waals surface area contributed by atoms with E-state index in [-0.39, 0.29) is 6.42 Å². The summed E-state index contributed by atoms with van der Waals surface area (Å²) in [6, 6.07) is 17.3. The van der Waals surface area contributed by atoms with Crippen molar-refractivity contribution in [2.75, 3.05) is 56.4 Å². The van der Waals surface area contributed by atoms with Crippen molar-refractivity contribution in [3.63, 3.8) is 0 Å². The highest BCUT2D eigenvalue weighted by molar-refractivity contribution is 6.28. The molecule has 3 aromatic carbocycles. The van der Waals surface area contributed by atoms with Crippen LogP contribution in [-0.4, -0.2) is 72.7 Å². The van der Waals surface area contributed by atoms with Crippen molar-refractivity contribution in [2.24, 2.45) is 0 Å². The van der Waals surface area contributed by atoms with Crippen molar-refractivity contribution in [3.8, 4) is 0 Å². The zero-order chi connectivity index (χ0) is 32.5. The molecule has 5 nitrogen and oxygen atoms in total. The lowest BCUT2D eigenvalue weighted by Gasteiger charge is -2.57. The Morgan fingerprint density at radius 2 is 0.930 bits per heavy atom. The number of rotatable bonds is 5. The van der Waals surface area contributed by atoms with Crippen LogP contribution in [0.1, 0.15) is 55.2 Å². The van der Waals surface area contributed by atoms with Gasteiger partial charge in [-0.3, -0.25) is 0 Å². The van der Waals surface area contributed by atoms with E-state index in [0.29, 0.717) is 36.0 Å².